The van der Waals surface area contributed by atoms with Crippen molar-refractivity contribution in [3.63, 3.8) is 0 Å². The fourth-order valence-electron chi connectivity index (χ4n) is 3.21. The van der Waals surface area contributed by atoms with Gasteiger partial charge in [0, 0.05) is 5.56 Å². The molecule has 0 radical (unpaired) electrons. The van der Waals surface area contributed by atoms with Gasteiger partial charge in [-0.3, -0.25) is 19.8 Å². The number of halogens is 1. The topological polar surface area (TPSA) is 75.7 Å². The Balaban J connectivity index is 1.48. The van der Waals surface area contributed by atoms with Gasteiger partial charge in [0.15, 0.2) is 0 Å². The molecule has 4 rings (SSSR count). The zero-order valence-corrected chi connectivity index (χ0v) is 17.0. The molecule has 0 aliphatic carbocycles. The van der Waals surface area contributed by atoms with Gasteiger partial charge in [0.05, 0.1) is 6.54 Å². The van der Waals surface area contributed by atoms with E-state index in [0.717, 1.165) is 10.5 Å². The standard InChI is InChI=1S/C25H19FN2O4/c26-22-9-5-4-8-19(22)16-32-20-12-10-17(11-13-20)14-21-23(29)27-25(31)28(24(21)30)15-18-6-2-1-3-7-18/h1-14H,15-16H2,(H,27,29,31)/b21-14+. The van der Waals surface area contributed by atoms with E-state index in [1.165, 1.54) is 12.1 Å². The molecular formula is C25H19FN2O4. The van der Waals surface area contributed by atoms with E-state index < -0.39 is 17.8 Å². The number of barbiturate groups is 1. The molecule has 3 aromatic carbocycles. The monoisotopic (exact) mass is 430 g/mol. The second-order valence-corrected chi connectivity index (χ2v) is 7.14. The molecule has 0 bridgehead atoms. The van der Waals surface area contributed by atoms with Gasteiger partial charge in [-0.25, -0.2) is 9.18 Å². The zero-order chi connectivity index (χ0) is 22.5. The van der Waals surface area contributed by atoms with E-state index in [0.29, 0.717) is 16.9 Å². The number of hydrogen-bond donors (Lipinski definition) is 1. The number of nitrogens with zero attached hydrogens (tertiary/aromatic N) is 1. The Morgan fingerprint density at radius 2 is 1.56 bits per heavy atom. The molecule has 32 heavy (non-hydrogen) atoms. The van der Waals surface area contributed by atoms with E-state index in [-0.39, 0.29) is 24.5 Å². The van der Waals surface area contributed by atoms with E-state index in [2.05, 4.69) is 5.32 Å². The van der Waals surface area contributed by atoms with Gasteiger partial charge in [0.1, 0.15) is 23.7 Å². The molecule has 7 heteroatoms. The van der Waals surface area contributed by atoms with Crippen molar-refractivity contribution in [2.75, 3.05) is 0 Å². The number of benzene rings is 3. The number of hydrogen-bond acceptors (Lipinski definition) is 4. The van der Waals surface area contributed by atoms with Crippen LogP contribution in [0.4, 0.5) is 9.18 Å². The maximum atomic E-state index is 13.7. The molecule has 0 unspecified atom stereocenters. The third kappa shape index (κ3) is 4.73. The lowest BCUT2D eigenvalue weighted by Crippen LogP contribution is -2.53. The van der Waals surface area contributed by atoms with Crippen LogP contribution in [-0.4, -0.2) is 22.7 Å². The molecule has 0 saturated carbocycles. The molecule has 6 nitrogen and oxygen atoms in total. The molecule has 1 heterocycles. The van der Waals surface area contributed by atoms with Crippen LogP contribution < -0.4 is 10.1 Å². The van der Waals surface area contributed by atoms with E-state index in [9.17, 15) is 18.8 Å². The fourth-order valence-corrected chi connectivity index (χ4v) is 3.21. The molecular weight excluding hydrogens is 411 g/mol. The van der Waals surface area contributed by atoms with Crippen molar-refractivity contribution in [3.8, 4) is 5.75 Å². The number of carbonyl (C=O) groups is 3. The molecule has 1 aliphatic heterocycles. The minimum absolute atomic E-state index is 0.0545. The molecule has 1 N–H and O–H groups in total. The highest BCUT2D eigenvalue weighted by Crippen LogP contribution is 2.20. The predicted molar refractivity (Wildman–Crippen MR) is 116 cm³/mol. The Bertz CT molecular complexity index is 1190. The zero-order valence-electron chi connectivity index (χ0n) is 17.0. The van der Waals surface area contributed by atoms with Crippen LogP contribution >= 0.6 is 0 Å². The number of imide groups is 2. The minimum Gasteiger partial charge on any atom is -0.489 e. The third-order valence-corrected chi connectivity index (χ3v) is 4.91. The van der Waals surface area contributed by atoms with Gasteiger partial charge in [-0.2, -0.15) is 0 Å². The lowest BCUT2D eigenvalue weighted by atomic mass is 10.1. The Hall–Kier alpha value is -4.26. The molecule has 0 spiro atoms. The summed E-state index contributed by atoms with van der Waals surface area (Å²) >= 11 is 0. The van der Waals surface area contributed by atoms with Crippen LogP contribution in [0.2, 0.25) is 0 Å². The molecule has 4 amide bonds. The van der Waals surface area contributed by atoms with Crippen molar-refractivity contribution in [2.24, 2.45) is 0 Å². The Morgan fingerprint density at radius 3 is 2.28 bits per heavy atom. The highest BCUT2D eigenvalue weighted by molar-refractivity contribution is 6.30. The van der Waals surface area contributed by atoms with Crippen LogP contribution in [0, 0.1) is 5.82 Å². The fraction of sp³-hybridized carbons (Fsp3) is 0.0800. The average Bonchev–Trinajstić information content (AvgIpc) is 2.80. The molecule has 1 fully saturated rings. The molecule has 0 aromatic heterocycles. The highest BCUT2D eigenvalue weighted by atomic mass is 19.1. The minimum atomic E-state index is -0.752. The van der Waals surface area contributed by atoms with Crippen LogP contribution in [0.25, 0.3) is 6.08 Å². The van der Waals surface area contributed by atoms with Crippen LogP contribution in [0.3, 0.4) is 0 Å². The second-order valence-electron chi connectivity index (χ2n) is 7.14. The second kappa shape index (κ2) is 9.26. The Labute approximate surface area is 183 Å². The summed E-state index contributed by atoms with van der Waals surface area (Å²) < 4.78 is 19.3. The highest BCUT2D eigenvalue weighted by Gasteiger charge is 2.35. The van der Waals surface area contributed by atoms with Crippen molar-refractivity contribution < 1.29 is 23.5 Å². The maximum Gasteiger partial charge on any atom is 0.331 e. The first kappa shape index (κ1) is 21.0. The van der Waals surface area contributed by atoms with Crippen LogP contribution in [0.15, 0.2) is 84.4 Å². The van der Waals surface area contributed by atoms with Crippen molar-refractivity contribution in [2.45, 2.75) is 13.2 Å². The predicted octanol–water partition coefficient (Wildman–Crippen LogP) is 4.07. The number of carbonyl (C=O) groups excluding carboxylic acids is 3. The number of urea groups is 1. The smallest absolute Gasteiger partial charge is 0.331 e. The van der Waals surface area contributed by atoms with Crippen molar-refractivity contribution in [1.29, 1.82) is 0 Å². The van der Waals surface area contributed by atoms with Crippen LogP contribution in [-0.2, 0) is 22.7 Å². The van der Waals surface area contributed by atoms with Crippen molar-refractivity contribution in [3.05, 3.63) is 107 Å². The van der Waals surface area contributed by atoms with E-state index >= 15 is 0 Å². The summed E-state index contributed by atoms with van der Waals surface area (Å²) in [5, 5.41) is 2.20. The first-order valence-electron chi connectivity index (χ1n) is 9.90. The van der Waals surface area contributed by atoms with E-state index in [1.54, 1.807) is 66.7 Å². The third-order valence-electron chi connectivity index (χ3n) is 4.91. The van der Waals surface area contributed by atoms with Gasteiger partial charge < -0.3 is 4.74 Å². The Kier molecular flexibility index (Phi) is 6.07. The number of amides is 4. The van der Waals surface area contributed by atoms with Gasteiger partial charge in [-0.15, -0.1) is 0 Å². The van der Waals surface area contributed by atoms with Gasteiger partial charge in [-0.05, 0) is 35.4 Å². The van der Waals surface area contributed by atoms with Gasteiger partial charge >= 0.3 is 6.03 Å². The molecule has 3 aromatic rings. The average molecular weight is 430 g/mol. The normalized spacial score (nSPS) is 15.1. The Morgan fingerprint density at radius 1 is 0.875 bits per heavy atom. The number of rotatable bonds is 6. The lowest BCUT2D eigenvalue weighted by molar-refractivity contribution is -0.130. The summed E-state index contributed by atoms with van der Waals surface area (Å²) in [6, 6.07) is 21.3. The largest absolute Gasteiger partial charge is 0.489 e. The van der Waals surface area contributed by atoms with E-state index in [1.807, 2.05) is 6.07 Å². The van der Waals surface area contributed by atoms with Crippen molar-refractivity contribution >= 4 is 23.9 Å². The SMILES string of the molecule is O=C1NC(=O)N(Cc2ccccc2)C(=O)/C1=C/c1ccc(OCc2ccccc2F)cc1. The summed E-state index contributed by atoms with van der Waals surface area (Å²) in [6.45, 7) is 0.128. The summed E-state index contributed by atoms with van der Waals surface area (Å²) in [7, 11) is 0. The van der Waals surface area contributed by atoms with Gasteiger partial charge in [0.25, 0.3) is 11.8 Å². The van der Waals surface area contributed by atoms with Crippen molar-refractivity contribution in [1.82, 2.24) is 10.2 Å². The first-order chi connectivity index (χ1) is 15.5. The first-order valence-corrected chi connectivity index (χ1v) is 9.90. The number of ether oxygens (including phenoxy) is 1. The van der Waals surface area contributed by atoms with Crippen LogP contribution in [0.5, 0.6) is 5.75 Å². The quantitative estimate of drug-likeness (QED) is 0.473. The summed E-state index contributed by atoms with van der Waals surface area (Å²) in [5.41, 5.74) is 1.64. The van der Waals surface area contributed by atoms with Crippen LogP contribution in [0.1, 0.15) is 16.7 Å². The molecule has 1 aliphatic rings. The summed E-state index contributed by atoms with van der Waals surface area (Å²) in [4.78, 5) is 38.3. The summed E-state index contributed by atoms with van der Waals surface area (Å²) in [5.74, 6) is -1.24. The van der Waals surface area contributed by atoms with Gasteiger partial charge in [-0.1, -0.05) is 60.7 Å². The summed E-state index contributed by atoms with van der Waals surface area (Å²) in [6.07, 6.45) is 1.42. The lowest BCUT2D eigenvalue weighted by Gasteiger charge is -2.26. The van der Waals surface area contributed by atoms with Gasteiger partial charge in [0.2, 0.25) is 0 Å². The van der Waals surface area contributed by atoms with E-state index in [4.69, 9.17) is 4.74 Å². The maximum absolute atomic E-state index is 13.7. The molecule has 0 atom stereocenters. The molecule has 1 saturated heterocycles. The number of nitrogens with one attached hydrogen (secondary N) is 1. The molecule has 160 valence electrons.